The number of imidazole rings is 1. The second-order valence-electron chi connectivity index (χ2n) is 36.5. The number of allylic oxidation sites excluding steroid dienone is 1. The second-order valence-corrected chi connectivity index (χ2v) is 38.0. The highest BCUT2D eigenvalue weighted by Gasteiger charge is 2.30. The zero-order valence-corrected chi connectivity index (χ0v) is 85.9. The number of carbonyl (C=O) groups excluding carboxylic acids is 1. The number of hydrogen-bond donors (Lipinski definition) is 0. The van der Waals surface area contributed by atoms with Gasteiger partial charge in [0, 0.05) is 232 Å². The van der Waals surface area contributed by atoms with Crippen LogP contribution in [0.15, 0.2) is 167 Å². The van der Waals surface area contributed by atoms with Crippen molar-refractivity contribution in [2.24, 2.45) is 24.3 Å². The van der Waals surface area contributed by atoms with E-state index in [0.29, 0.717) is 35.7 Å². The van der Waals surface area contributed by atoms with Gasteiger partial charge in [0.2, 0.25) is 17.8 Å². The van der Waals surface area contributed by atoms with Crippen LogP contribution >= 0.6 is 11.3 Å². The van der Waals surface area contributed by atoms with Crippen LogP contribution in [0.25, 0.3) is 22.9 Å². The molecule has 14 aromatic rings. The molecule has 0 radical (unpaired) electrons. The Labute approximate surface area is 822 Å². The van der Waals surface area contributed by atoms with Crippen molar-refractivity contribution in [3.63, 3.8) is 0 Å². The fourth-order valence-electron chi connectivity index (χ4n) is 14.3. The number of aryl methyl sites for hydroxylation is 16. The molecule has 1 saturated carbocycles. The molecule has 736 valence electrons. The molecule has 20 rings (SSSR count). The van der Waals surface area contributed by atoms with Gasteiger partial charge in [0.1, 0.15) is 36.2 Å². The van der Waals surface area contributed by atoms with Gasteiger partial charge in [0.25, 0.3) is 0 Å². The van der Waals surface area contributed by atoms with Crippen LogP contribution in [0.5, 0.6) is 6.01 Å². The van der Waals surface area contributed by atoms with Crippen LogP contribution in [0.3, 0.4) is 0 Å². The zero-order valence-electron chi connectivity index (χ0n) is 85.1. The average Bonchev–Trinajstić information content (AvgIpc) is 1.66. The smallest absolute Gasteiger partial charge is 0.316 e. The van der Waals surface area contributed by atoms with Crippen LogP contribution in [0.2, 0.25) is 0 Å². The topological polar surface area (TPSA) is 338 Å². The summed E-state index contributed by atoms with van der Waals surface area (Å²) in [5.41, 5.74) is 19.9. The van der Waals surface area contributed by atoms with Crippen LogP contribution in [-0.4, -0.2) is 203 Å². The molecular weight excluding hydrogens is 1750 g/mol. The standard InChI is InChI=1S/C12H20N4.C12H19N3.C10H14N2O.C10H11NO.C9H13N3.C9H14N2O2.C9H9N.C8H9N3.C7H7N3.2C7H10N2.C5H7NS.CH4/c1-3-4-15-5-7-16(8-6-15)12-13-9-11(2)10-14-12;1-10-8-13-11(14-9-10)15-6-4-12(2,3)5-7-15;1-7-3-9(4-7)13-10-11-5-8(2)6-12-10;1-6-3-8-9(12)4-7(2)10(8)11-5-6;1-7-3-10-9(11-4-7)12-5-8(2)6-12;1-7-4-10-9(11-5-7)8(2)13-6-12-3;1-7-5-8-3-2-4-9(8)10-6-7;1-6-3-7-8(9-4-6)11(2)5-10-7;1-6-4-8-7-2-3-9-10(7)5-6;2*1-3-7-8-4-6(2)5-9-7;1-4-3-6-5(2)7-4;/h9-10H,3-8H2,1-2H3;8-9H,4-7H2,1-3H3;5-7,9H,3-4H2,1-2H3;3,5,7H,4H2,1-2H3;3-4,8H,5-6H2,1-2H3;4-5,8H,6H2,1-3H3;2,4-6H,3H2,1H3;3-5H,1-2H3;2-5H,1H3;2*4-5H,3H2,1-2H3;3H,1-2H3;1H4. The Balaban J connectivity index is 0.000000185. The number of thiazole rings is 1. The van der Waals surface area contributed by atoms with Crippen LogP contribution in [0, 0.1) is 107 Å². The lowest BCUT2D eigenvalue weighted by molar-refractivity contribution is -0.0694. The number of rotatable bonds is 13. The van der Waals surface area contributed by atoms with Gasteiger partial charge in [-0.05, 0) is 244 Å². The third kappa shape index (κ3) is 38.0. The molecule has 6 aliphatic rings. The van der Waals surface area contributed by atoms with E-state index in [2.05, 4.69) is 191 Å². The zero-order chi connectivity index (χ0) is 98.9. The van der Waals surface area contributed by atoms with Crippen LogP contribution in [0.4, 0.5) is 17.8 Å². The second kappa shape index (κ2) is 56.8. The first-order chi connectivity index (χ1) is 65.7. The molecule has 4 fully saturated rings. The molecular formula is C106H147N27O4S. The number of fused-ring (bicyclic) bond motifs is 4. The number of piperazine rings is 1. The van der Waals surface area contributed by atoms with Crippen LogP contribution in [0.1, 0.15) is 236 Å². The summed E-state index contributed by atoms with van der Waals surface area (Å²) in [5.74, 6) is 7.31. The molecule has 14 aromatic heterocycles. The lowest BCUT2D eigenvalue weighted by Crippen LogP contribution is -2.47. The number of ether oxygens (including phenoxy) is 3. The summed E-state index contributed by atoms with van der Waals surface area (Å²) >= 11 is 1.73. The molecule has 0 bridgehead atoms. The Morgan fingerprint density at radius 2 is 0.986 bits per heavy atom. The number of piperidine rings is 1. The van der Waals surface area contributed by atoms with Crippen molar-refractivity contribution in [3.05, 3.63) is 278 Å². The molecule has 0 N–H and O–H groups in total. The summed E-state index contributed by atoms with van der Waals surface area (Å²) in [5, 5.41) is 5.18. The molecule has 3 aliphatic heterocycles. The van der Waals surface area contributed by atoms with Crippen molar-refractivity contribution < 1.29 is 19.0 Å². The van der Waals surface area contributed by atoms with E-state index >= 15 is 0 Å². The first-order valence-corrected chi connectivity index (χ1v) is 48.3. The number of nitrogens with zero attached hydrogens (tertiary/aromatic N) is 27. The van der Waals surface area contributed by atoms with E-state index in [4.69, 9.17) is 14.2 Å². The van der Waals surface area contributed by atoms with Gasteiger partial charge in [-0.1, -0.05) is 75.0 Å². The molecule has 32 heteroatoms. The van der Waals surface area contributed by atoms with E-state index in [1.54, 1.807) is 60.3 Å². The molecule has 17 heterocycles. The summed E-state index contributed by atoms with van der Waals surface area (Å²) < 4.78 is 19.3. The summed E-state index contributed by atoms with van der Waals surface area (Å²) in [6, 6.07) is 8.56. The maximum Gasteiger partial charge on any atom is 0.316 e. The largest absolute Gasteiger partial charge is 0.460 e. The number of carbonyl (C=O) groups is 1. The number of ketones is 1. The fraction of sp³-hybridized carbons (Fsp3) is 0.472. The molecule has 0 spiro atoms. The normalized spacial score (nSPS) is 15.7. The molecule has 0 aromatic carbocycles. The van der Waals surface area contributed by atoms with E-state index in [0.717, 1.165) is 220 Å². The third-order valence-corrected chi connectivity index (χ3v) is 23.2. The van der Waals surface area contributed by atoms with Crippen molar-refractivity contribution in [2.45, 2.75) is 236 Å². The summed E-state index contributed by atoms with van der Waals surface area (Å²) in [6.07, 6.45) is 54.5. The molecule has 2 atom stereocenters. The minimum Gasteiger partial charge on any atom is -0.460 e. The maximum atomic E-state index is 11.4. The minimum atomic E-state index is -0.124. The van der Waals surface area contributed by atoms with Crippen molar-refractivity contribution >= 4 is 57.9 Å². The molecule has 31 nitrogen and oxygen atoms in total. The third-order valence-electron chi connectivity index (χ3n) is 22.4. The van der Waals surface area contributed by atoms with Crippen molar-refractivity contribution in [3.8, 4) is 6.01 Å². The Bertz CT molecular complexity index is 5830. The highest BCUT2D eigenvalue weighted by molar-refractivity contribution is 7.11. The van der Waals surface area contributed by atoms with Crippen molar-refractivity contribution in [2.75, 3.05) is 87.5 Å². The van der Waals surface area contributed by atoms with Gasteiger partial charge in [0.05, 0.1) is 28.9 Å². The lowest BCUT2D eigenvalue weighted by atomic mass is 9.83. The summed E-state index contributed by atoms with van der Waals surface area (Å²) in [6.45, 7) is 55.6. The predicted octanol–water partition coefficient (Wildman–Crippen LogP) is 19.8. The number of hydrogen-bond acceptors (Lipinski definition) is 30. The van der Waals surface area contributed by atoms with E-state index in [1.807, 2.05) is 233 Å². The number of aromatic nitrogens is 23. The van der Waals surface area contributed by atoms with Gasteiger partial charge in [-0.25, -0.2) is 94.2 Å². The highest BCUT2D eigenvalue weighted by Crippen LogP contribution is 2.33. The molecule has 3 saturated heterocycles. The Morgan fingerprint density at radius 3 is 1.48 bits per heavy atom. The average molecular weight is 1900 g/mol. The van der Waals surface area contributed by atoms with Crippen molar-refractivity contribution in [1.29, 1.82) is 0 Å². The van der Waals surface area contributed by atoms with Crippen molar-refractivity contribution in [1.82, 2.24) is 119 Å². The first-order valence-electron chi connectivity index (χ1n) is 47.4. The van der Waals surface area contributed by atoms with E-state index in [-0.39, 0.29) is 26.1 Å². The van der Waals surface area contributed by atoms with Gasteiger partial charge in [-0.15, -0.1) is 11.3 Å². The quantitative estimate of drug-likeness (QED) is 0.0968. The van der Waals surface area contributed by atoms with Gasteiger partial charge in [0.15, 0.2) is 22.9 Å². The van der Waals surface area contributed by atoms with Crippen LogP contribution in [-0.2, 0) is 35.8 Å². The molecule has 138 heavy (non-hydrogen) atoms. The van der Waals surface area contributed by atoms with Crippen LogP contribution < -0.4 is 19.4 Å². The maximum absolute atomic E-state index is 11.4. The predicted molar refractivity (Wildman–Crippen MR) is 553 cm³/mol. The summed E-state index contributed by atoms with van der Waals surface area (Å²) in [7, 11) is 3.53. The summed E-state index contributed by atoms with van der Waals surface area (Å²) in [4.78, 5) is 106. The number of anilines is 3. The first kappa shape index (κ1) is 111. The van der Waals surface area contributed by atoms with Gasteiger partial charge in [-0.3, -0.25) is 19.7 Å². The van der Waals surface area contributed by atoms with Gasteiger partial charge >= 0.3 is 6.01 Å². The molecule has 2 unspecified atom stereocenters. The lowest BCUT2D eigenvalue weighted by Gasteiger charge is -2.36. The minimum absolute atomic E-state index is 0. The Kier molecular flexibility index (Phi) is 45.5. The Morgan fingerprint density at radius 1 is 0.507 bits per heavy atom. The Hall–Kier alpha value is -12.8. The SMILES string of the molecule is C.CCCN1CCN(c2ncc(C)cn2)CC1.CCc1ncc(C)cn1.CCc1ncc(C)cn1.COCOC(C)c1ncc(C)cn1.Cc1cnc(C)s1.Cc1cnc(N2CC(C)C2)nc1.Cc1cnc(N2CCC(C)(C)CC2)nc1.Cc1cnc(OC2CC(C)C2)nc1.Cc1cnc2c(c1)C(=O)CC2C.Cc1cnc2c(c1)CC=C2.Cc1cnc2c(c1)ncn2C.Cc1cnc2ccnn2c1. The van der Waals surface area contributed by atoms with E-state index in [1.165, 1.54) is 41.8 Å². The van der Waals surface area contributed by atoms with Gasteiger partial charge in [-0.2, -0.15) is 5.10 Å². The number of pyridine rings is 3. The molecule has 3 aliphatic carbocycles. The highest BCUT2D eigenvalue weighted by atomic mass is 32.1. The number of methoxy groups -OCH3 is 1. The van der Waals surface area contributed by atoms with E-state index in [9.17, 15) is 4.79 Å². The number of Topliss-reactive ketones (excluding diaryl/α,β-unsaturated/α-hetero) is 1. The monoisotopic (exact) mass is 1890 g/mol. The van der Waals surface area contributed by atoms with Gasteiger partial charge < -0.3 is 33.5 Å². The fourth-order valence-corrected chi connectivity index (χ4v) is 15.0. The molecule has 0 amide bonds. The van der Waals surface area contributed by atoms with E-state index < -0.39 is 0 Å².